The second-order valence-electron chi connectivity index (χ2n) is 5.23. The summed E-state index contributed by atoms with van der Waals surface area (Å²) in [7, 11) is 0. The smallest absolute Gasteiger partial charge is 0.194 e. The van der Waals surface area contributed by atoms with Crippen LogP contribution >= 0.6 is 0 Å². The van der Waals surface area contributed by atoms with Crippen molar-refractivity contribution in [3.8, 4) is 0 Å². The number of ketones is 1. The van der Waals surface area contributed by atoms with Crippen LogP contribution in [0.3, 0.4) is 0 Å². The van der Waals surface area contributed by atoms with E-state index in [0.29, 0.717) is 0 Å². The number of rotatable bonds is 2. The van der Waals surface area contributed by atoms with Gasteiger partial charge in [0.1, 0.15) is 0 Å². The Morgan fingerprint density at radius 3 is 2.29 bits per heavy atom. The van der Waals surface area contributed by atoms with Crippen LogP contribution in [0.25, 0.3) is 0 Å². The highest BCUT2D eigenvalue weighted by atomic mass is 16.1. The molecule has 0 spiro atoms. The Morgan fingerprint density at radius 1 is 1.06 bits per heavy atom. The van der Waals surface area contributed by atoms with Gasteiger partial charge in [0.25, 0.3) is 0 Å². The molecule has 0 aliphatic rings. The minimum Gasteiger partial charge on any atom is -0.367 e. The summed E-state index contributed by atoms with van der Waals surface area (Å²) in [6, 6.07) is 9.38. The van der Waals surface area contributed by atoms with Gasteiger partial charge in [-0.05, 0) is 11.0 Å². The zero-order chi connectivity index (χ0) is 12.5. The molecule has 0 bridgehead atoms. The minimum absolute atomic E-state index is 0.0280. The molecule has 1 heterocycles. The van der Waals surface area contributed by atoms with E-state index in [9.17, 15) is 4.79 Å². The van der Waals surface area contributed by atoms with Crippen LogP contribution < -0.4 is 0 Å². The Labute approximate surface area is 102 Å². The van der Waals surface area contributed by atoms with E-state index in [1.165, 1.54) is 0 Å². The maximum Gasteiger partial charge on any atom is 0.194 e. The van der Waals surface area contributed by atoms with Gasteiger partial charge in [0.05, 0.1) is 0 Å². The fourth-order valence-electron chi connectivity index (χ4n) is 1.92. The van der Waals surface area contributed by atoms with Crippen molar-refractivity contribution in [3.63, 3.8) is 0 Å². The third kappa shape index (κ3) is 2.31. The number of benzene rings is 1. The summed E-state index contributed by atoms with van der Waals surface area (Å²) in [5.74, 6) is 0.0803. The molecule has 17 heavy (non-hydrogen) atoms. The van der Waals surface area contributed by atoms with Gasteiger partial charge in [0.2, 0.25) is 0 Å². The van der Waals surface area contributed by atoms with Crippen molar-refractivity contribution < 1.29 is 4.79 Å². The summed E-state index contributed by atoms with van der Waals surface area (Å²) >= 11 is 0. The lowest BCUT2D eigenvalue weighted by Gasteiger charge is -2.18. The Hall–Kier alpha value is -1.83. The largest absolute Gasteiger partial charge is 0.367 e. The molecule has 0 aliphatic carbocycles. The number of carbonyl (C=O) groups excluding carboxylic acids is 1. The summed E-state index contributed by atoms with van der Waals surface area (Å²) in [6.07, 6.45) is 3.70. The van der Waals surface area contributed by atoms with E-state index in [1.54, 1.807) is 6.20 Å². The van der Waals surface area contributed by atoms with Crippen molar-refractivity contribution in [2.45, 2.75) is 26.2 Å². The molecule has 0 aliphatic heterocycles. The lowest BCUT2D eigenvalue weighted by Crippen LogP contribution is -2.15. The summed E-state index contributed by atoms with van der Waals surface area (Å²) in [4.78, 5) is 15.4. The first-order chi connectivity index (χ1) is 8.00. The van der Waals surface area contributed by atoms with Gasteiger partial charge >= 0.3 is 0 Å². The highest BCUT2D eigenvalue weighted by Crippen LogP contribution is 2.27. The summed E-state index contributed by atoms with van der Waals surface area (Å²) < 4.78 is 0. The first-order valence-electron chi connectivity index (χ1n) is 5.77. The van der Waals surface area contributed by atoms with Gasteiger partial charge in [0, 0.05) is 23.5 Å². The maximum atomic E-state index is 12.4. The molecule has 0 unspecified atom stereocenters. The van der Waals surface area contributed by atoms with Crippen LogP contribution in [-0.4, -0.2) is 10.8 Å². The van der Waals surface area contributed by atoms with Gasteiger partial charge in [-0.15, -0.1) is 0 Å². The molecule has 2 heteroatoms. The van der Waals surface area contributed by atoms with E-state index < -0.39 is 0 Å². The van der Waals surface area contributed by atoms with E-state index in [2.05, 4.69) is 25.8 Å². The molecule has 2 aromatic rings. The van der Waals surface area contributed by atoms with Crippen molar-refractivity contribution in [2.75, 3.05) is 0 Å². The normalized spacial score (nSPS) is 11.5. The molecule has 0 fully saturated rings. The standard InChI is InChI=1S/C15H17NO/c1-15(2,3)13-10-16-9-12(13)14(17)11-7-5-4-6-8-11/h4-10,16H,1-3H3. The monoisotopic (exact) mass is 227 g/mol. The molecule has 0 saturated heterocycles. The fourth-order valence-corrected chi connectivity index (χ4v) is 1.92. The topological polar surface area (TPSA) is 32.9 Å². The van der Waals surface area contributed by atoms with Gasteiger partial charge in [-0.2, -0.15) is 0 Å². The van der Waals surface area contributed by atoms with Crippen LogP contribution in [0.1, 0.15) is 42.3 Å². The maximum absolute atomic E-state index is 12.4. The average Bonchev–Trinajstić information content (AvgIpc) is 2.78. The third-order valence-corrected chi connectivity index (χ3v) is 2.83. The molecule has 88 valence electrons. The molecule has 0 saturated carbocycles. The first kappa shape index (κ1) is 11.6. The molecular weight excluding hydrogens is 210 g/mol. The number of hydrogen-bond donors (Lipinski definition) is 1. The van der Waals surface area contributed by atoms with E-state index in [1.807, 2.05) is 36.5 Å². The number of hydrogen-bond acceptors (Lipinski definition) is 1. The van der Waals surface area contributed by atoms with Gasteiger partial charge in [-0.1, -0.05) is 51.1 Å². The van der Waals surface area contributed by atoms with E-state index in [-0.39, 0.29) is 11.2 Å². The number of nitrogens with one attached hydrogen (secondary N) is 1. The van der Waals surface area contributed by atoms with Crippen LogP contribution in [0.4, 0.5) is 0 Å². The quantitative estimate of drug-likeness (QED) is 0.782. The predicted molar refractivity (Wildman–Crippen MR) is 69.4 cm³/mol. The molecule has 0 amide bonds. The van der Waals surface area contributed by atoms with Gasteiger partial charge in [-0.3, -0.25) is 4.79 Å². The van der Waals surface area contributed by atoms with Crippen molar-refractivity contribution in [1.82, 2.24) is 4.98 Å². The molecule has 2 nitrogen and oxygen atoms in total. The summed E-state index contributed by atoms with van der Waals surface area (Å²) in [5, 5.41) is 0. The SMILES string of the molecule is CC(C)(C)c1c[nH]cc1C(=O)c1ccccc1. The van der Waals surface area contributed by atoms with Crippen molar-refractivity contribution in [3.05, 3.63) is 59.4 Å². The van der Waals surface area contributed by atoms with Gasteiger partial charge in [0.15, 0.2) is 5.78 Å². The second-order valence-corrected chi connectivity index (χ2v) is 5.23. The van der Waals surface area contributed by atoms with Crippen molar-refractivity contribution in [2.24, 2.45) is 0 Å². The zero-order valence-corrected chi connectivity index (χ0v) is 10.4. The molecule has 1 aromatic carbocycles. The highest BCUT2D eigenvalue weighted by molar-refractivity contribution is 6.10. The van der Waals surface area contributed by atoms with E-state index in [0.717, 1.165) is 16.7 Å². The fraction of sp³-hybridized carbons (Fsp3) is 0.267. The summed E-state index contributed by atoms with van der Waals surface area (Å²) in [6.45, 7) is 6.33. The Morgan fingerprint density at radius 2 is 1.71 bits per heavy atom. The Bertz CT molecular complexity index is 517. The number of H-pyrrole nitrogens is 1. The Kier molecular flexibility index (Phi) is 2.88. The molecule has 1 aromatic heterocycles. The van der Waals surface area contributed by atoms with Gasteiger partial charge < -0.3 is 4.98 Å². The lowest BCUT2D eigenvalue weighted by molar-refractivity contribution is 0.103. The number of aromatic nitrogens is 1. The van der Waals surface area contributed by atoms with Crippen LogP contribution in [0.15, 0.2) is 42.7 Å². The minimum atomic E-state index is -0.0280. The zero-order valence-electron chi connectivity index (χ0n) is 10.4. The van der Waals surface area contributed by atoms with E-state index in [4.69, 9.17) is 0 Å². The molecule has 0 radical (unpaired) electrons. The molecule has 2 rings (SSSR count). The van der Waals surface area contributed by atoms with Crippen LogP contribution in [0.2, 0.25) is 0 Å². The van der Waals surface area contributed by atoms with Crippen LogP contribution in [0, 0.1) is 0 Å². The average molecular weight is 227 g/mol. The third-order valence-electron chi connectivity index (χ3n) is 2.83. The van der Waals surface area contributed by atoms with Crippen molar-refractivity contribution >= 4 is 5.78 Å². The van der Waals surface area contributed by atoms with Gasteiger partial charge in [-0.25, -0.2) is 0 Å². The predicted octanol–water partition coefficient (Wildman–Crippen LogP) is 3.54. The summed E-state index contributed by atoms with van der Waals surface area (Å²) in [5.41, 5.74) is 2.53. The molecule has 1 N–H and O–H groups in total. The molecule has 0 atom stereocenters. The Balaban J connectivity index is 2.43. The molecular formula is C15H17NO. The highest BCUT2D eigenvalue weighted by Gasteiger charge is 2.23. The first-order valence-corrected chi connectivity index (χ1v) is 5.77. The number of aromatic amines is 1. The van der Waals surface area contributed by atoms with Crippen LogP contribution in [-0.2, 0) is 5.41 Å². The van der Waals surface area contributed by atoms with Crippen molar-refractivity contribution in [1.29, 1.82) is 0 Å². The van der Waals surface area contributed by atoms with Crippen LogP contribution in [0.5, 0.6) is 0 Å². The van der Waals surface area contributed by atoms with E-state index >= 15 is 0 Å². The lowest BCUT2D eigenvalue weighted by atomic mass is 9.84. The number of carbonyl (C=O) groups is 1. The second kappa shape index (κ2) is 4.21.